The van der Waals surface area contributed by atoms with E-state index < -0.39 is 0 Å². The maximum Gasteiger partial charge on any atom is 0.260 e. The van der Waals surface area contributed by atoms with Crippen LogP contribution in [0, 0.1) is 0 Å². The van der Waals surface area contributed by atoms with Gasteiger partial charge >= 0.3 is 0 Å². The van der Waals surface area contributed by atoms with E-state index in [9.17, 15) is 4.79 Å². The summed E-state index contributed by atoms with van der Waals surface area (Å²) in [5, 5.41) is 0. The Hall–Kier alpha value is -1.51. The van der Waals surface area contributed by atoms with Crippen molar-refractivity contribution in [3.05, 3.63) is 41.0 Å². The first-order valence-electron chi connectivity index (χ1n) is 2.93. The lowest BCUT2D eigenvalue weighted by Crippen LogP contribution is -2.07. The van der Waals surface area contributed by atoms with Crippen molar-refractivity contribution in [2.24, 2.45) is 0 Å². The molecule has 0 aliphatic carbocycles. The van der Waals surface area contributed by atoms with Gasteiger partial charge in [-0.1, -0.05) is 0 Å². The minimum atomic E-state index is -0.0637. The van der Waals surface area contributed by atoms with Crippen molar-refractivity contribution in [1.29, 1.82) is 0 Å². The van der Waals surface area contributed by atoms with Crippen LogP contribution in [0.1, 0.15) is 0 Å². The molecule has 10 heavy (non-hydrogen) atoms. The van der Waals surface area contributed by atoms with E-state index in [1.807, 2.05) is 0 Å². The molecule has 0 atom stereocenters. The van der Waals surface area contributed by atoms with Crippen LogP contribution in [0.25, 0.3) is 5.71 Å². The van der Waals surface area contributed by atoms with Crippen LogP contribution in [-0.4, -0.2) is 4.40 Å². The third-order valence-corrected chi connectivity index (χ3v) is 1.35. The van der Waals surface area contributed by atoms with Gasteiger partial charge in [0.2, 0.25) is 5.71 Å². The van der Waals surface area contributed by atoms with E-state index in [2.05, 4.69) is 0 Å². The van der Waals surface area contributed by atoms with Crippen LogP contribution in [-0.2, 0) is 0 Å². The summed E-state index contributed by atoms with van der Waals surface area (Å²) in [4.78, 5) is 10.9. The second-order valence-corrected chi connectivity index (χ2v) is 1.98. The molecule has 2 rings (SSSR count). The third kappa shape index (κ3) is 0.572. The number of nitrogens with zero attached hydrogens (tertiary/aromatic N) is 1. The van der Waals surface area contributed by atoms with Crippen LogP contribution < -0.4 is 5.56 Å². The van der Waals surface area contributed by atoms with E-state index in [1.54, 1.807) is 18.3 Å². The Labute approximate surface area is 56.5 Å². The molecule has 0 unspecified atom stereocenters. The van der Waals surface area contributed by atoms with Gasteiger partial charge in [-0.3, -0.25) is 9.20 Å². The van der Waals surface area contributed by atoms with Gasteiger partial charge in [0.05, 0.1) is 6.26 Å². The molecule has 0 aliphatic rings. The molecule has 0 saturated heterocycles. The minimum Gasteiger partial charge on any atom is -0.448 e. The first kappa shape index (κ1) is 5.29. The Kier molecular flexibility index (Phi) is 0.917. The van der Waals surface area contributed by atoms with E-state index in [4.69, 9.17) is 4.42 Å². The summed E-state index contributed by atoms with van der Waals surface area (Å²) in [6, 6.07) is 4.88. The molecule has 0 aromatic carbocycles. The van der Waals surface area contributed by atoms with Crippen molar-refractivity contribution in [3.63, 3.8) is 0 Å². The number of hydrogen-bond donors (Lipinski definition) is 0. The van der Waals surface area contributed by atoms with Crippen LogP contribution >= 0.6 is 0 Å². The lowest BCUT2D eigenvalue weighted by atomic mass is 10.6. The molecule has 3 nitrogen and oxygen atoms in total. The van der Waals surface area contributed by atoms with Crippen molar-refractivity contribution in [3.8, 4) is 0 Å². The van der Waals surface area contributed by atoms with Crippen LogP contribution in [0.4, 0.5) is 0 Å². The topological polar surface area (TPSA) is 34.6 Å². The van der Waals surface area contributed by atoms with Gasteiger partial charge in [-0.15, -0.1) is 0 Å². The molecule has 0 radical (unpaired) electrons. The fourth-order valence-corrected chi connectivity index (χ4v) is 0.886. The predicted molar refractivity (Wildman–Crippen MR) is 35.9 cm³/mol. The predicted octanol–water partition coefficient (Wildman–Crippen LogP) is 0.893. The van der Waals surface area contributed by atoms with Crippen LogP contribution in [0.15, 0.2) is 39.9 Å². The molecular formula is C7H5NO2. The fourth-order valence-electron chi connectivity index (χ4n) is 0.886. The van der Waals surface area contributed by atoms with Gasteiger partial charge in [-0.2, -0.15) is 0 Å². The van der Waals surface area contributed by atoms with Crippen LogP contribution in [0.2, 0.25) is 0 Å². The lowest BCUT2D eigenvalue weighted by molar-refractivity contribution is 0.572. The zero-order chi connectivity index (χ0) is 6.97. The number of aromatic nitrogens is 1. The second-order valence-electron chi connectivity index (χ2n) is 1.98. The monoisotopic (exact) mass is 135 g/mol. The van der Waals surface area contributed by atoms with Gasteiger partial charge in [0.15, 0.2) is 0 Å². The highest BCUT2D eigenvalue weighted by atomic mass is 16.3. The van der Waals surface area contributed by atoms with Crippen molar-refractivity contribution in [2.75, 3.05) is 0 Å². The Bertz CT molecular complexity index is 399. The molecule has 2 aromatic heterocycles. The zero-order valence-electron chi connectivity index (χ0n) is 5.15. The average molecular weight is 135 g/mol. The van der Waals surface area contributed by atoms with E-state index >= 15 is 0 Å². The van der Waals surface area contributed by atoms with Crippen LogP contribution in [0.5, 0.6) is 0 Å². The highest BCUT2D eigenvalue weighted by Crippen LogP contribution is 1.97. The maximum atomic E-state index is 10.9. The van der Waals surface area contributed by atoms with Crippen LogP contribution in [0.3, 0.4) is 0 Å². The Morgan fingerprint density at radius 1 is 1.40 bits per heavy atom. The van der Waals surface area contributed by atoms with E-state index in [0.717, 1.165) is 0 Å². The minimum absolute atomic E-state index is 0.0637. The van der Waals surface area contributed by atoms with Crippen molar-refractivity contribution >= 4 is 5.71 Å². The molecule has 0 N–H and O–H groups in total. The molecule has 0 amide bonds. The maximum absolute atomic E-state index is 10.9. The summed E-state index contributed by atoms with van der Waals surface area (Å²) in [6.07, 6.45) is 3.05. The summed E-state index contributed by atoms with van der Waals surface area (Å²) in [5.41, 5.74) is 0.513. The molecule has 0 bridgehead atoms. The van der Waals surface area contributed by atoms with Crippen molar-refractivity contribution in [1.82, 2.24) is 4.40 Å². The third-order valence-electron chi connectivity index (χ3n) is 1.35. The highest BCUT2D eigenvalue weighted by Gasteiger charge is 1.93. The van der Waals surface area contributed by atoms with E-state index in [1.165, 1.54) is 16.7 Å². The van der Waals surface area contributed by atoms with Gasteiger partial charge in [0.1, 0.15) is 0 Å². The normalized spacial score (nSPS) is 10.4. The number of fused-ring (bicyclic) bond motifs is 1. The van der Waals surface area contributed by atoms with Gasteiger partial charge < -0.3 is 4.42 Å². The molecule has 0 spiro atoms. The molecule has 0 aliphatic heterocycles. The molecule has 50 valence electrons. The standard InChI is InChI=1S/C7H5NO2/c9-6-3-5-10-7-2-1-4-8(6)7/h1-5H. The Morgan fingerprint density at radius 3 is 3.10 bits per heavy atom. The van der Waals surface area contributed by atoms with Gasteiger partial charge in [0.25, 0.3) is 5.56 Å². The molecular weight excluding hydrogens is 130 g/mol. The quantitative estimate of drug-likeness (QED) is 0.537. The SMILES string of the molecule is O=c1ccoc2cccn12. The van der Waals surface area contributed by atoms with Gasteiger partial charge in [0, 0.05) is 18.3 Å². The summed E-state index contributed by atoms with van der Waals surface area (Å²) in [6.45, 7) is 0. The highest BCUT2D eigenvalue weighted by molar-refractivity contribution is 5.33. The van der Waals surface area contributed by atoms with Crippen molar-refractivity contribution < 1.29 is 4.42 Å². The van der Waals surface area contributed by atoms with E-state index in [0.29, 0.717) is 5.71 Å². The van der Waals surface area contributed by atoms with Gasteiger partial charge in [-0.05, 0) is 6.07 Å². The summed E-state index contributed by atoms with van der Waals surface area (Å²) < 4.78 is 6.44. The Balaban J connectivity index is 3.09. The van der Waals surface area contributed by atoms with E-state index in [-0.39, 0.29) is 5.56 Å². The van der Waals surface area contributed by atoms with Gasteiger partial charge in [-0.25, -0.2) is 0 Å². The summed E-state index contributed by atoms with van der Waals surface area (Å²) >= 11 is 0. The number of rotatable bonds is 0. The first-order chi connectivity index (χ1) is 4.88. The fraction of sp³-hybridized carbons (Fsp3) is 0. The summed E-state index contributed by atoms with van der Waals surface area (Å²) in [7, 11) is 0. The molecule has 2 aromatic rings. The number of hydrogen-bond acceptors (Lipinski definition) is 2. The lowest BCUT2D eigenvalue weighted by Gasteiger charge is -1.87. The second kappa shape index (κ2) is 1.73. The molecule has 0 fully saturated rings. The molecule has 3 heteroatoms. The van der Waals surface area contributed by atoms with Crippen molar-refractivity contribution in [2.45, 2.75) is 0 Å². The molecule has 2 heterocycles. The Morgan fingerprint density at radius 2 is 2.30 bits per heavy atom. The zero-order valence-corrected chi connectivity index (χ0v) is 5.15. The molecule has 0 saturated carbocycles. The largest absolute Gasteiger partial charge is 0.448 e. The first-order valence-corrected chi connectivity index (χ1v) is 2.93. The summed E-state index contributed by atoms with van der Waals surface area (Å²) in [5.74, 6) is 0. The smallest absolute Gasteiger partial charge is 0.260 e. The average Bonchev–Trinajstić information content (AvgIpc) is 2.36.